The number of ketones is 2. The minimum atomic E-state index is 0.0951. The summed E-state index contributed by atoms with van der Waals surface area (Å²) in [7, 11) is 0. The highest BCUT2D eigenvalue weighted by Crippen LogP contribution is 2.68. The zero-order chi connectivity index (χ0) is 23.2. The standard InChI is InChI=1S/C30H40O3/c1-20(32)26-11-12-28-25-10-9-23-18-24(33)13-16-29(23,2)27(25)14-17-30(26,28)15-3-4-21-5-7-22(19-31)8-6-21/h5-8,18,25-28,31H,3-4,9-17,19H2,1-2H3/t25-,26-,27+,28+,29+,30-/m1/s1. The summed E-state index contributed by atoms with van der Waals surface area (Å²) in [6, 6.07) is 8.35. The number of benzene rings is 1. The van der Waals surface area contributed by atoms with Crippen LogP contribution in [0.1, 0.15) is 89.2 Å². The van der Waals surface area contributed by atoms with Crippen molar-refractivity contribution in [1.82, 2.24) is 0 Å². The molecule has 0 unspecified atom stereocenters. The maximum Gasteiger partial charge on any atom is 0.155 e. The molecule has 4 aliphatic rings. The number of aryl methyl sites for hydroxylation is 1. The Hall–Kier alpha value is -1.74. The number of fused-ring (bicyclic) bond motifs is 5. The Bertz CT molecular complexity index is 944. The van der Waals surface area contributed by atoms with Crippen molar-refractivity contribution in [2.45, 2.75) is 91.1 Å². The van der Waals surface area contributed by atoms with E-state index < -0.39 is 0 Å². The van der Waals surface area contributed by atoms with Crippen LogP contribution in [0.25, 0.3) is 0 Å². The van der Waals surface area contributed by atoms with E-state index in [1.165, 1.54) is 36.8 Å². The molecule has 33 heavy (non-hydrogen) atoms. The van der Waals surface area contributed by atoms with Crippen molar-refractivity contribution in [3.05, 3.63) is 47.0 Å². The van der Waals surface area contributed by atoms with E-state index in [1.807, 2.05) is 25.1 Å². The first-order valence-corrected chi connectivity index (χ1v) is 13.3. The van der Waals surface area contributed by atoms with Crippen LogP contribution >= 0.6 is 0 Å². The molecule has 1 aromatic carbocycles. The van der Waals surface area contributed by atoms with Crippen LogP contribution in [0, 0.1) is 34.5 Å². The third kappa shape index (κ3) is 3.85. The molecular formula is C30H40O3. The number of hydrogen-bond acceptors (Lipinski definition) is 3. The molecule has 1 aromatic rings. The summed E-state index contributed by atoms with van der Waals surface area (Å²) in [6.45, 7) is 4.38. The van der Waals surface area contributed by atoms with Gasteiger partial charge in [0.25, 0.3) is 0 Å². The number of aliphatic hydroxyl groups is 1. The average molecular weight is 449 g/mol. The number of carbonyl (C=O) groups is 2. The number of carbonyl (C=O) groups excluding carboxylic acids is 2. The van der Waals surface area contributed by atoms with Crippen molar-refractivity contribution in [2.24, 2.45) is 34.5 Å². The van der Waals surface area contributed by atoms with E-state index in [1.54, 1.807) is 0 Å². The van der Waals surface area contributed by atoms with Crippen LogP contribution in [0.15, 0.2) is 35.9 Å². The molecule has 0 spiro atoms. The van der Waals surface area contributed by atoms with E-state index in [0.717, 1.165) is 44.1 Å². The topological polar surface area (TPSA) is 54.4 Å². The summed E-state index contributed by atoms with van der Waals surface area (Å²) >= 11 is 0. The largest absolute Gasteiger partial charge is 0.392 e. The lowest BCUT2D eigenvalue weighted by Gasteiger charge is -2.59. The Labute approximate surface area is 199 Å². The van der Waals surface area contributed by atoms with Gasteiger partial charge in [0.1, 0.15) is 5.78 Å². The van der Waals surface area contributed by atoms with Gasteiger partial charge < -0.3 is 5.11 Å². The second-order valence-electron chi connectivity index (χ2n) is 11.8. The van der Waals surface area contributed by atoms with Crippen molar-refractivity contribution < 1.29 is 14.7 Å². The molecule has 3 saturated carbocycles. The Kier molecular flexibility index (Phi) is 6.14. The monoisotopic (exact) mass is 448 g/mol. The zero-order valence-electron chi connectivity index (χ0n) is 20.4. The Morgan fingerprint density at radius 1 is 1.00 bits per heavy atom. The third-order valence-corrected chi connectivity index (χ3v) is 10.5. The normalized spacial score (nSPS) is 37.7. The highest BCUT2D eigenvalue weighted by Gasteiger charge is 2.61. The summed E-state index contributed by atoms with van der Waals surface area (Å²) in [6.07, 6.45) is 14.1. The molecule has 4 aliphatic carbocycles. The van der Waals surface area contributed by atoms with Crippen LogP contribution in [0.2, 0.25) is 0 Å². The molecule has 6 atom stereocenters. The molecule has 178 valence electrons. The number of rotatable bonds is 6. The zero-order valence-corrected chi connectivity index (χ0v) is 20.4. The van der Waals surface area contributed by atoms with Gasteiger partial charge in [-0.05, 0) is 117 Å². The SMILES string of the molecule is CC(=O)[C@H]1CC[C@H]2[C@@H]3CCC4=CC(=O)CC[C@]4(C)[C@H]3CC[C@]12CCCc1ccc(CO)cc1. The first-order chi connectivity index (χ1) is 15.9. The maximum absolute atomic E-state index is 12.8. The van der Waals surface area contributed by atoms with Crippen molar-refractivity contribution in [3.8, 4) is 0 Å². The number of allylic oxidation sites excluding steroid dienone is 1. The number of hydrogen-bond donors (Lipinski definition) is 1. The van der Waals surface area contributed by atoms with E-state index in [2.05, 4.69) is 19.1 Å². The summed E-state index contributed by atoms with van der Waals surface area (Å²) in [5.41, 5.74) is 4.11. The quantitative estimate of drug-likeness (QED) is 0.562. The Balaban J connectivity index is 1.36. The number of aliphatic hydroxyl groups excluding tert-OH is 1. The summed E-state index contributed by atoms with van der Waals surface area (Å²) in [4.78, 5) is 24.9. The van der Waals surface area contributed by atoms with Crippen molar-refractivity contribution in [2.75, 3.05) is 0 Å². The van der Waals surface area contributed by atoms with Crippen LogP contribution in [0.5, 0.6) is 0 Å². The average Bonchev–Trinajstić information content (AvgIpc) is 3.20. The molecule has 0 aliphatic heterocycles. The first-order valence-electron chi connectivity index (χ1n) is 13.3. The van der Waals surface area contributed by atoms with Gasteiger partial charge in [0.05, 0.1) is 6.61 Å². The predicted molar refractivity (Wildman–Crippen MR) is 131 cm³/mol. The Morgan fingerprint density at radius 3 is 2.48 bits per heavy atom. The van der Waals surface area contributed by atoms with Gasteiger partial charge in [-0.15, -0.1) is 0 Å². The summed E-state index contributed by atoms with van der Waals surface area (Å²) < 4.78 is 0. The maximum atomic E-state index is 12.8. The molecular weight excluding hydrogens is 408 g/mol. The smallest absolute Gasteiger partial charge is 0.155 e. The summed E-state index contributed by atoms with van der Waals surface area (Å²) in [5.74, 6) is 3.03. The lowest BCUT2D eigenvalue weighted by atomic mass is 9.45. The molecule has 0 radical (unpaired) electrons. The van der Waals surface area contributed by atoms with E-state index >= 15 is 0 Å². The van der Waals surface area contributed by atoms with E-state index in [-0.39, 0.29) is 23.4 Å². The second kappa shape index (κ2) is 8.80. The lowest BCUT2D eigenvalue weighted by molar-refractivity contribution is -0.130. The van der Waals surface area contributed by atoms with Gasteiger partial charge in [-0.1, -0.05) is 36.8 Å². The van der Waals surface area contributed by atoms with Gasteiger partial charge in [0.15, 0.2) is 5.78 Å². The number of Topliss-reactive ketones (excluding diaryl/α,β-unsaturated/α-hetero) is 1. The van der Waals surface area contributed by atoms with Crippen LogP contribution in [-0.2, 0) is 22.6 Å². The fourth-order valence-electron chi connectivity index (χ4n) is 8.90. The van der Waals surface area contributed by atoms with Crippen molar-refractivity contribution in [3.63, 3.8) is 0 Å². The molecule has 5 rings (SSSR count). The van der Waals surface area contributed by atoms with Gasteiger partial charge in [-0.25, -0.2) is 0 Å². The molecule has 0 heterocycles. The highest BCUT2D eigenvalue weighted by atomic mass is 16.3. The van der Waals surface area contributed by atoms with E-state index in [4.69, 9.17) is 0 Å². The lowest BCUT2D eigenvalue weighted by Crippen LogP contribution is -2.52. The van der Waals surface area contributed by atoms with E-state index in [0.29, 0.717) is 35.7 Å². The van der Waals surface area contributed by atoms with Gasteiger partial charge in [-0.2, -0.15) is 0 Å². The molecule has 3 heteroatoms. The molecule has 3 nitrogen and oxygen atoms in total. The molecule has 1 N–H and O–H groups in total. The highest BCUT2D eigenvalue weighted by molar-refractivity contribution is 5.91. The summed E-state index contributed by atoms with van der Waals surface area (Å²) in [5, 5.41) is 9.30. The molecule has 0 bridgehead atoms. The van der Waals surface area contributed by atoms with Gasteiger partial charge >= 0.3 is 0 Å². The molecule has 0 saturated heterocycles. The molecule has 0 aromatic heterocycles. The van der Waals surface area contributed by atoms with Gasteiger partial charge in [0.2, 0.25) is 0 Å². The predicted octanol–water partition coefficient (Wildman–Crippen LogP) is 6.22. The van der Waals surface area contributed by atoms with Gasteiger partial charge in [-0.3, -0.25) is 9.59 Å². The van der Waals surface area contributed by atoms with Crippen molar-refractivity contribution in [1.29, 1.82) is 0 Å². The molecule has 0 amide bonds. The third-order valence-electron chi connectivity index (χ3n) is 10.5. The Morgan fingerprint density at radius 2 is 1.76 bits per heavy atom. The first kappa shape index (κ1) is 23.0. The fraction of sp³-hybridized carbons (Fsp3) is 0.667. The fourth-order valence-corrected chi connectivity index (χ4v) is 8.90. The minimum Gasteiger partial charge on any atom is -0.392 e. The van der Waals surface area contributed by atoms with Crippen LogP contribution in [0.3, 0.4) is 0 Å². The van der Waals surface area contributed by atoms with Crippen LogP contribution in [0.4, 0.5) is 0 Å². The van der Waals surface area contributed by atoms with E-state index in [9.17, 15) is 14.7 Å². The van der Waals surface area contributed by atoms with Gasteiger partial charge in [0, 0.05) is 12.3 Å². The van der Waals surface area contributed by atoms with Crippen LogP contribution in [-0.4, -0.2) is 16.7 Å². The van der Waals surface area contributed by atoms with Crippen molar-refractivity contribution >= 4 is 11.6 Å². The van der Waals surface area contributed by atoms with Crippen LogP contribution < -0.4 is 0 Å². The molecule has 3 fully saturated rings. The minimum absolute atomic E-state index is 0.0951. The second-order valence-corrected chi connectivity index (χ2v) is 11.8.